The summed E-state index contributed by atoms with van der Waals surface area (Å²) in [5.41, 5.74) is 0.621. The maximum atomic E-state index is 13.3. The van der Waals surface area contributed by atoms with Gasteiger partial charge in [-0.1, -0.05) is 11.6 Å². The van der Waals surface area contributed by atoms with Crippen molar-refractivity contribution in [1.82, 2.24) is 24.9 Å². The molecule has 0 spiro atoms. The molecule has 0 radical (unpaired) electrons. The first kappa shape index (κ1) is 23.8. The Morgan fingerprint density at radius 2 is 1.94 bits per heavy atom. The van der Waals surface area contributed by atoms with Gasteiger partial charge in [0.05, 0.1) is 22.0 Å². The van der Waals surface area contributed by atoms with Crippen LogP contribution in [0.25, 0.3) is 0 Å². The Morgan fingerprint density at radius 3 is 2.51 bits per heavy atom. The average Bonchev–Trinajstić information content (AvgIpc) is 3.32. The molecule has 2 aromatic heterocycles. The molecule has 35 heavy (non-hydrogen) atoms. The molecule has 4 fully saturated rings. The molecule has 0 saturated heterocycles. The summed E-state index contributed by atoms with van der Waals surface area (Å²) in [6, 6.07) is 0. The lowest BCUT2D eigenvalue weighted by Crippen LogP contribution is -2.57. The van der Waals surface area contributed by atoms with Crippen LogP contribution in [0.3, 0.4) is 0 Å². The van der Waals surface area contributed by atoms with Crippen LogP contribution in [0, 0.1) is 34.3 Å². The summed E-state index contributed by atoms with van der Waals surface area (Å²) in [5, 5.41) is 25.7. The fourth-order valence-electron chi connectivity index (χ4n) is 7.40. The summed E-state index contributed by atoms with van der Waals surface area (Å²) < 4.78 is 3.42. The van der Waals surface area contributed by atoms with Gasteiger partial charge in [-0.2, -0.15) is 9.78 Å². The monoisotopic (exact) mass is 503 g/mol. The second-order valence-corrected chi connectivity index (χ2v) is 11.0. The van der Waals surface area contributed by atoms with Gasteiger partial charge in [-0.25, -0.2) is 0 Å². The fourth-order valence-corrected chi connectivity index (χ4v) is 7.59. The lowest BCUT2D eigenvalue weighted by atomic mass is 9.46. The van der Waals surface area contributed by atoms with E-state index in [9.17, 15) is 19.7 Å². The highest BCUT2D eigenvalue weighted by Crippen LogP contribution is 2.65. The zero-order valence-electron chi connectivity index (χ0n) is 20.1. The molecule has 11 nitrogen and oxygen atoms in total. The molecule has 2 heterocycles. The third kappa shape index (κ3) is 3.89. The van der Waals surface area contributed by atoms with Crippen LogP contribution in [0.4, 0.5) is 11.5 Å². The largest absolute Gasteiger partial charge is 0.408 e. The zero-order chi connectivity index (χ0) is 25.1. The number of carbonyl (C=O) groups is 2. The quantitative estimate of drug-likeness (QED) is 0.437. The van der Waals surface area contributed by atoms with E-state index in [2.05, 4.69) is 20.8 Å². The van der Waals surface area contributed by atoms with E-state index in [0.29, 0.717) is 36.2 Å². The van der Waals surface area contributed by atoms with Crippen LogP contribution in [-0.2, 0) is 16.9 Å². The number of nitrogens with zero attached hydrogens (tertiary/aromatic N) is 5. The van der Waals surface area contributed by atoms with Crippen LogP contribution in [0.15, 0.2) is 6.20 Å². The van der Waals surface area contributed by atoms with Gasteiger partial charge in [0.1, 0.15) is 0 Å². The molecular formula is C23H30ClN7O4. The Labute approximate surface area is 207 Å². The van der Waals surface area contributed by atoms with Crippen LogP contribution in [0.5, 0.6) is 0 Å². The van der Waals surface area contributed by atoms with Gasteiger partial charge in [-0.05, 0) is 74.5 Å². The van der Waals surface area contributed by atoms with E-state index in [0.717, 1.165) is 38.5 Å². The summed E-state index contributed by atoms with van der Waals surface area (Å²) >= 11 is 6.29. The van der Waals surface area contributed by atoms with Crippen molar-refractivity contribution in [3.8, 4) is 0 Å². The van der Waals surface area contributed by atoms with Gasteiger partial charge in [0.15, 0.2) is 10.7 Å². The van der Waals surface area contributed by atoms with Crippen LogP contribution in [0.2, 0.25) is 5.02 Å². The molecule has 2 unspecified atom stereocenters. The Morgan fingerprint density at radius 1 is 1.26 bits per heavy atom. The number of aromatic nitrogens is 4. The number of hydrogen-bond donors (Lipinski definition) is 2. The van der Waals surface area contributed by atoms with E-state index in [1.165, 1.54) is 7.05 Å². The highest BCUT2D eigenvalue weighted by atomic mass is 35.5. The summed E-state index contributed by atoms with van der Waals surface area (Å²) in [6.07, 6.45) is 7.54. The maximum absolute atomic E-state index is 13.3. The summed E-state index contributed by atoms with van der Waals surface area (Å²) in [6.45, 7) is 4.27. The van der Waals surface area contributed by atoms with Crippen molar-refractivity contribution in [1.29, 1.82) is 0 Å². The third-order valence-corrected chi connectivity index (χ3v) is 8.58. The standard InChI is InChI=1S/C23H30ClN7O4/c1-4-29-11-16(19(27-29)21(33)25-3)26-17(32)10-22-6-14-5-15(7-22)9-23(8-14,12-22)30-13(2)18(24)20(28-30)31(34)35/h11,14-15H,4-10,12H2,1-3H3,(H,25,33)(H,26,32). The second-order valence-electron chi connectivity index (χ2n) is 10.6. The van der Waals surface area contributed by atoms with Gasteiger partial charge in [0.2, 0.25) is 5.91 Å². The molecule has 6 rings (SSSR count). The van der Waals surface area contributed by atoms with Crippen LogP contribution in [0.1, 0.15) is 68.1 Å². The van der Waals surface area contributed by atoms with Crippen LogP contribution >= 0.6 is 11.6 Å². The molecule has 2 N–H and O–H groups in total. The van der Waals surface area contributed by atoms with Gasteiger partial charge in [0.25, 0.3) is 5.91 Å². The SMILES string of the molecule is CCn1cc(NC(=O)CC23CC4CC(C2)CC(n2nc([N+](=O)[O-])c(Cl)c2C)(C4)C3)c(C(=O)NC)n1. The van der Waals surface area contributed by atoms with Gasteiger partial charge < -0.3 is 20.7 Å². The lowest BCUT2D eigenvalue weighted by Gasteiger charge is -2.61. The number of nitro groups is 1. The van der Waals surface area contributed by atoms with E-state index in [-0.39, 0.29) is 39.3 Å². The molecule has 0 aromatic carbocycles. The number of amides is 2. The van der Waals surface area contributed by atoms with Crippen LogP contribution < -0.4 is 10.6 Å². The van der Waals surface area contributed by atoms with Gasteiger partial charge >= 0.3 is 5.82 Å². The minimum absolute atomic E-state index is 0.0900. The van der Waals surface area contributed by atoms with Gasteiger partial charge in [0, 0.05) is 26.2 Å². The zero-order valence-corrected chi connectivity index (χ0v) is 20.9. The Hall–Kier alpha value is -2.95. The predicted octanol–water partition coefficient (Wildman–Crippen LogP) is 3.65. The first-order chi connectivity index (χ1) is 16.6. The van der Waals surface area contributed by atoms with E-state index in [1.54, 1.807) is 22.5 Å². The Kier molecular flexibility index (Phi) is 5.65. The summed E-state index contributed by atoms with van der Waals surface area (Å²) in [5.74, 6) is 0.0730. The van der Waals surface area contributed by atoms with Gasteiger partial charge in [-0.15, -0.1) is 0 Å². The molecule has 4 bridgehead atoms. The highest BCUT2D eigenvalue weighted by molar-refractivity contribution is 6.33. The molecule has 2 amide bonds. The third-order valence-electron chi connectivity index (χ3n) is 8.14. The van der Waals surface area contributed by atoms with Crippen molar-refractivity contribution in [2.45, 2.75) is 70.9 Å². The smallest absolute Gasteiger partial charge is 0.358 e. The van der Waals surface area contributed by atoms with E-state index < -0.39 is 4.92 Å². The molecule has 0 aliphatic heterocycles. The van der Waals surface area contributed by atoms with Crippen molar-refractivity contribution < 1.29 is 14.5 Å². The Bertz CT molecular complexity index is 1200. The van der Waals surface area contributed by atoms with Crippen molar-refractivity contribution in [3.63, 3.8) is 0 Å². The minimum atomic E-state index is -0.532. The number of hydrogen-bond acceptors (Lipinski definition) is 6. The fraction of sp³-hybridized carbons (Fsp3) is 0.652. The average molecular weight is 504 g/mol. The van der Waals surface area contributed by atoms with E-state index in [4.69, 9.17) is 11.6 Å². The lowest BCUT2D eigenvalue weighted by molar-refractivity contribution is -0.389. The van der Waals surface area contributed by atoms with Crippen molar-refractivity contribution in [2.75, 3.05) is 12.4 Å². The first-order valence-electron chi connectivity index (χ1n) is 12.1. The normalized spacial score (nSPS) is 28.8. The topological polar surface area (TPSA) is 137 Å². The number of halogens is 1. The summed E-state index contributed by atoms with van der Waals surface area (Å²) in [4.78, 5) is 36.5. The molecule has 12 heteroatoms. The molecule has 2 atom stereocenters. The first-order valence-corrected chi connectivity index (χ1v) is 12.5. The van der Waals surface area contributed by atoms with E-state index >= 15 is 0 Å². The minimum Gasteiger partial charge on any atom is -0.358 e. The molecular weight excluding hydrogens is 474 g/mol. The number of aryl methyl sites for hydroxylation is 1. The highest BCUT2D eigenvalue weighted by Gasteiger charge is 2.61. The number of nitrogens with one attached hydrogen (secondary N) is 2. The molecule has 4 aliphatic rings. The van der Waals surface area contributed by atoms with Crippen LogP contribution in [-0.4, -0.2) is 43.3 Å². The van der Waals surface area contributed by atoms with Crippen molar-refractivity contribution in [3.05, 3.63) is 32.7 Å². The molecule has 4 saturated carbocycles. The summed E-state index contributed by atoms with van der Waals surface area (Å²) in [7, 11) is 1.53. The second kappa shape index (κ2) is 8.32. The number of rotatable bonds is 7. The van der Waals surface area contributed by atoms with Gasteiger partial charge in [-0.3, -0.25) is 14.3 Å². The van der Waals surface area contributed by atoms with E-state index in [1.807, 2.05) is 6.92 Å². The molecule has 2 aromatic rings. The predicted molar refractivity (Wildman–Crippen MR) is 128 cm³/mol. The van der Waals surface area contributed by atoms with Crippen molar-refractivity contribution >= 4 is 34.9 Å². The van der Waals surface area contributed by atoms with Crippen molar-refractivity contribution in [2.24, 2.45) is 17.3 Å². The molecule has 188 valence electrons. The Balaban J connectivity index is 1.42. The molecule has 4 aliphatic carbocycles. The number of anilines is 1. The maximum Gasteiger partial charge on any atom is 0.408 e. The number of carbonyl (C=O) groups excluding carboxylic acids is 2.